The summed E-state index contributed by atoms with van der Waals surface area (Å²) in [6.45, 7) is 4.10. The van der Waals surface area contributed by atoms with Gasteiger partial charge in [0.25, 0.3) is 0 Å². The second-order valence-corrected chi connectivity index (χ2v) is 9.66. The number of fused-ring (bicyclic) bond motifs is 3. The number of sulfonamides is 1. The molecule has 2 saturated heterocycles. The molecule has 0 spiro atoms. The number of carbonyl (C=O) groups is 1. The van der Waals surface area contributed by atoms with Crippen LogP contribution in [0.3, 0.4) is 0 Å². The largest absolute Gasteiger partial charge is 0.342 e. The minimum absolute atomic E-state index is 0.0813. The quantitative estimate of drug-likeness (QED) is 0.839. The van der Waals surface area contributed by atoms with Crippen LogP contribution in [0.4, 0.5) is 0 Å². The molecule has 1 amide bonds. The molecule has 0 aliphatic carbocycles. The highest BCUT2D eigenvalue weighted by Crippen LogP contribution is 2.27. The lowest BCUT2D eigenvalue weighted by Crippen LogP contribution is -2.39. The number of rotatable bonds is 2. The molecule has 0 aromatic heterocycles. The van der Waals surface area contributed by atoms with Gasteiger partial charge in [-0.3, -0.25) is 4.79 Å². The van der Waals surface area contributed by atoms with Crippen LogP contribution in [-0.4, -0.2) is 61.8 Å². The van der Waals surface area contributed by atoms with Gasteiger partial charge in [0.2, 0.25) is 15.9 Å². The Balaban J connectivity index is 1.57. The molecule has 1 N–H and O–H groups in total. The maximum absolute atomic E-state index is 13.2. The topological polar surface area (TPSA) is 69.7 Å². The van der Waals surface area contributed by atoms with E-state index in [1.54, 1.807) is 17.3 Å². The zero-order valence-corrected chi connectivity index (χ0v) is 16.1. The van der Waals surface area contributed by atoms with Gasteiger partial charge in [-0.2, -0.15) is 4.31 Å². The molecule has 2 atom stereocenters. The Bertz CT molecular complexity index is 808. The number of nitrogens with zero attached hydrogens (tertiary/aromatic N) is 2. The van der Waals surface area contributed by atoms with Gasteiger partial charge in [0.15, 0.2) is 0 Å². The average Bonchev–Trinajstić information content (AvgIpc) is 2.80. The van der Waals surface area contributed by atoms with E-state index < -0.39 is 10.0 Å². The van der Waals surface area contributed by atoms with Crippen LogP contribution in [0.2, 0.25) is 0 Å². The van der Waals surface area contributed by atoms with Crippen LogP contribution >= 0.6 is 0 Å². The van der Waals surface area contributed by atoms with Crippen molar-refractivity contribution in [1.82, 2.24) is 14.5 Å². The van der Waals surface area contributed by atoms with Gasteiger partial charge in [-0.1, -0.05) is 6.07 Å². The van der Waals surface area contributed by atoms with Crippen LogP contribution < -0.4 is 5.32 Å². The van der Waals surface area contributed by atoms with Gasteiger partial charge in [-0.15, -0.1) is 0 Å². The van der Waals surface area contributed by atoms with Crippen molar-refractivity contribution in [3.05, 3.63) is 29.3 Å². The summed E-state index contributed by atoms with van der Waals surface area (Å²) in [5, 5.41) is 3.54. The third kappa shape index (κ3) is 3.40. The highest BCUT2D eigenvalue weighted by atomic mass is 32.2. The van der Waals surface area contributed by atoms with Crippen LogP contribution in [0.1, 0.15) is 37.3 Å². The van der Waals surface area contributed by atoms with Crippen LogP contribution in [0.25, 0.3) is 0 Å². The fraction of sp³-hybridized carbons (Fsp3) is 0.632. The third-order valence-electron chi connectivity index (χ3n) is 6.05. The van der Waals surface area contributed by atoms with Crippen molar-refractivity contribution in [2.45, 2.75) is 56.0 Å². The van der Waals surface area contributed by atoms with Gasteiger partial charge in [0.1, 0.15) is 0 Å². The van der Waals surface area contributed by atoms with Gasteiger partial charge in [-0.25, -0.2) is 8.42 Å². The Morgan fingerprint density at radius 3 is 2.54 bits per heavy atom. The molecule has 2 fully saturated rings. The Labute approximate surface area is 155 Å². The first-order valence-corrected chi connectivity index (χ1v) is 11.0. The SMILES string of the molecule is CC(=O)N1CCc2ccc(S(=O)(=O)N3CCC4CCC(C3)N4)cc2CC1. The summed E-state index contributed by atoms with van der Waals surface area (Å²) in [5.41, 5.74) is 2.22. The summed E-state index contributed by atoms with van der Waals surface area (Å²) in [5.74, 6) is 0.0813. The molecule has 3 aliphatic rings. The number of amides is 1. The summed E-state index contributed by atoms with van der Waals surface area (Å²) in [6.07, 6.45) is 4.59. The lowest BCUT2D eigenvalue weighted by atomic mass is 10.0. The van der Waals surface area contributed by atoms with E-state index in [2.05, 4.69) is 5.32 Å². The van der Waals surface area contributed by atoms with Gasteiger partial charge in [-0.05, 0) is 55.4 Å². The summed E-state index contributed by atoms with van der Waals surface area (Å²) < 4.78 is 28.0. The molecule has 3 aliphatic heterocycles. The Kier molecular flexibility index (Phi) is 4.79. The van der Waals surface area contributed by atoms with Crippen molar-refractivity contribution < 1.29 is 13.2 Å². The minimum Gasteiger partial charge on any atom is -0.342 e. The number of benzene rings is 1. The number of hydrogen-bond acceptors (Lipinski definition) is 4. The molecule has 26 heavy (non-hydrogen) atoms. The molecule has 4 rings (SSSR count). The molecule has 2 bridgehead atoms. The van der Waals surface area contributed by atoms with Crippen molar-refractivity contribution in [1.29, 1.82) is 0 Å². The lowest BCUT2D eigenvalue weighted by Gasteiger charge is -2.24. The van der Waals surface area contributed by atoms with Crippen molar-refractivity contribution in [3.8, 4) is 0 Å². The van der Waals surface area contributed by atoms with E-state index in [1.807, 2.05) is 17.0 Å². The van der Waals surface area contributed by atoms with E-state index in [-0.39, 0.29) is 11.9 Å². The zero-order chi connectivity index (χ0) is 18.3. The normalized spacial score (nSPS) is 26.9. The fourth-order valence-electron chi connectivity index (χ4n) is 4.46. The van der Waals surface area contributed by atoms with Crippen molar-refractivity contribution in [2.75, 3.05) is 26.2 Å². The second kappa shape index (κ2) is 6.94. The molecular formula is C19H27N3O3S. The highest BCUT2D eigenvalue weighted by molar-refractivity contribution is 7.89. The first kappa shape index (κ1) is 17.9. The van der Waals surface area contributed by atoms with Crippen LogP contribution in [0, 0.1) is 0 Å². The van der Waals surface area contributed by atoms with E-state index >= 15 is 0 Å². The van der Waals surface area contributed by atoms with Crippen LogP contribution in [0.15, 0.2) is 23.1 Å². The molecule has 0 radical (unpaired) electrons. The Hall–Kier alpha value is -1.44. The van der Waals surface area contributed by atoms with Gasteiger partial charge in [0.05, 0.1) is 4.90 Å². The summed E-state index contributed by atoms with van der Waals surface area (Å²) in [6, 6.07) is 6.26. The Morgan fingerprint density at radius 2 is 1.77 bits per heavy atom. The smallest absolute Gasteiger partial charge is 0.243 e. The summed E-state index contributed by atoms with van der Waals surface area (Å²) in [4.78, 5) is 13.9. The van der Waals surface area contributed by atoms with Crippen molar-refractivity contribution in [3.63, 3.8) is 0 Å². The fourth-order valence-corrected chi connectivity index (χ4v) is 6.01. The number of hydrogen-bond donors (Lipinski definition) is 1. The number of carbonyl (C=O) groups excluding carboxylic acids is 1. The summed E-state index contributed by atoms with van der Waals surface area (Å²) >= 11 is 0. The molecule has 7 heteroatoms. The predicted octanol–water partition coefficient (Wildman–Crippen LogP) is 1.15. The van der Waals surface area contributed by atoms with Crippen LogP contribution in [-0.2, 0) is 27.7 Å². The van der Waals surface area contributed by atoms with E-state index in [9.17, 15) is 13.2 Å². The van der Waals surface area contributed by atoms with E-state index in [0.29, 0.717) is 43.5 Å². The molecule has 0 saturated carbocycles. The molecular weight excluding hydrogens is 350 g/mol. The maximum Gasteiger partial charge on any atom is 0.243 e. The van der Waals surface area contributed by atoms with E-state index in [4.69, 9.17) is 0 Å². The van der Waals surface area contributed by atoms with Crippen LogP contribution in [0.5, 0.6) is 0 Å². The molecule has 6 nitrogen and oxygen atoms in total. The lowest BCUT2D eigenvalue weighted by molar-refractivity contribution is -0.128. The molecule has 2 unspecified atom stereocenters. The molecule has 142 valence electrons. The first-order valence-electron chi connectivity index (χ1n) is 9.57. The zero-order valence-electron chi connectivity index (χ0n) is 15.3. The number of nitrogens with one attached hydrogen (secondary N) is 1. The average molecular weight is 378 g/mol. The molecule has 3 heterocycles. The molecule has 1 aromatic rings. The highest BCUT2D eigenvalue weighted by Gasteiger charge is 2.35. The van der Waals surface area contributed by atoms with E-state index in [0.717, 1.165) is 36.8 Å². The minimum atomic E-state index is -3.47. The van der Waals surface area contributed by atoms with Gasteiger partial charge < -0.3 is 10.2 Å². The Morgan fingerprint density at radius 1 is 1.04 bits per heavy atom. The molecule has 1 aromatic carbocycles. The van der Waals surface area contributed by atoms with Crippen molar-refractivity contribution >= 4 is 15.9 Å². The first-order chi connectivity index (χ1) is 12.4. The predicted molar refractivity (Wildman–Crippen MR) is 99.4 cm³/mol. The van der Waals surface area contributed by atoms with Crippen molar-refractivity contribution in [2.24, 2.45) is 0 Å². The third-order valence-corrected chi connectivity index (χ3v) is 7.91. The van der Waals surface area contributed by atoms with E-state index in [1.165, 1.54) is 0 Å². The monoisotopic (exact) mass is 377 g/mol. The maximum atomic E-state index is 13.2. The standard InChI is InChI=1S/C19H27N3O3S/c1-14(23)21-9-6-15-2-5-19(12-16(15)7-10-21)26(24,25)22-11-8-17-3-4-18(13-22)20-17/h2,5,12,17-18,20H,3-4,6-11,13H2,1H3. The van der Waals surface area contributed by atoms with Gasteiger partial charge >= 0.3 is 0 Å². The van der Waals surface area contributed by atoms with Gasteiger partial charge in [0, 0.05) is 45.2 Å². The summed E-state index contributed by atoms with van der Waals surface area (Å²) in [7, 11) is -3.47. The second-order valence-electron chi connectivity index (χ2n) is 7.73.